The minimum atomic E-state index is -0.0915. The number of rotatable bonds is 4. The highest BCUT2D eigenvalue weighted by atomic mass is 16.1. The minimum absolute atomic E-state index is 0.0915. The lowest BCUT2D eigenvalue weighted by atomic mass is 10.2. The molecular weight excluding hydrogens is 292 g/mol. The molecule has 1 fully saturated rings. The highest BCUT2D eigenvalue weighted by Crippen LogP contribution is 2.31. The largest absolute Gasteiger partial charge is 0.330 e. The molecule has 0 bridgehead atoms. The Bertz CT molecular complexity index is 870. The monoisotopic (exact) mass is 312 g/mol. The molecule has 1 saturated carbocycles. The maximum Gasteiger partial charge on any atom is 0.262 e. The summed E-state index contributed by atoms with van der Waals surface area (Å²) in [7, 11) is 0. The van der Waals surface area contributed by atoms with Crippen LogP contribution in [0.2, 0.25) is 0 Å². The molecule has 1 aliphatic rings. The fourth-order valence-electron chi connectivity index (χ4n) is 3.44. The van der Waals surface area contributed by atoms with Gasteiger partial charge >= 0.3 is 0 Å². The van der Waals surface area contributed by atoms with Crippen molar-refractivity contribution in [3.8, 4) is 0 Å². The molecule has 0 unspecified atom stereocenters. The molecule has 0 radical (unpaired) electrons. The summed E-state index contributed by atoms with van der Waals surface area (Å²) in [6, 6.07) is 0.369. The Morgan fingerprint density at radius 3 is 2.87 bits per heavy atom. The van der Waals surface area contributed by atoms with E-state index in [1.54, 1.807) is 12.5 Å². The van der Waals surface area contributed by atoms with Crippen molar-refractivity contribution in [2.45, 2.75) is 51.6 Å². The highest BCUT2D eigenvalue weighted by Gasteiger charge is 2.23. The molecule has 0 spiro atoms. The predicted molar refractivity (Wildman–Crippen MR) is 86.4 cm³/mol. The second-order valence-electron chi connectivity index (χ2n) is 6.13. The molecule has 3 heterocycles. The summed E-state index contributed by atoms with van der Waals surface area (Å²) in [5.74, 6) is 0.641. The molecule has 1 aliphatic carbocycles. The van der Waals surface area contributed by atoms with Crippen LogP contribution in [-0.4, -0.2) is 29.3 Å². The maximum absolute atomic E-state index is 12.6. The first-order valence-corrected chi connectivity index (χ1v) is 8.22. The maximum atomic E-state index is 12.6. The molecule has 0 saturated heterocycles. The van der Waals surface area contributed by atoms with E-state index < -0.39 is 0 Å². The van der Waals surface area contributed by atoms with Gasteiger partial charge in [-0.05, 0) is 19.3 Å². The third-order valence-electron chi connectivity index (χ3n) is 4.58. The molecule has 3 aromatic rings. The number of hydrogen-bond donors (Lipinski definition) is 1. The van der Waals surface area contributed by atoms with Crippen molar-refractivity contribution >= 4 is 11.0 Å². The number of imidazole rings is 1. The summed E-state index contributed by atoms with van der Waals surface area (Å²) < 4.78 is 3.88. The van der Waals surface area contributed by atoms with Gasteiger partial charge < -0.3 is 9.55 Å². The average Bonchev–Trinajstić information content (AvgIpc) is 3.27. The van der Waals surface area contributed by atoms with Crippen molar-refractivity contribution in [3.05, 3.63) is 40.6 Å². The first kappa shape index (κ1) is 14.2. The molecule has 7 nitrogen and oxygen atoms in total. The van der Waals surface area contributed by atoms with Gasteiger partial charge in [0.05, 0.1) is 24.6 Å². The minimum Gasteiger partial charge on any atom is -0.330 e. The number of hydrogen-bond acceptors (Lipinski definition) is 4. The fraction of sp³-hybridized carbons (Fsp3) is 0.500. The first-order chi connectivity index (χ1) is 11.3. The summed E-state index contributed by atoms with van der Waals surface area (Å²) >= 11 is 0. The molecule has 0 amide bonds. The van der Waals surface area contributed by atoms with E-state index in [-0.39, 0.29) is 5.56 Å². The Balaban J connectivity index is 1.85. The van der Waals surface area contributed by atoms with E-state index in [2.05, 4.69) is 9.97 Å². The van der Waals surface area contributed by atoms with E-state index >= 15 is 0 Å². The summed E-state index contributed by atoms with van der Waals surface area (Å²) in [6.07, 6.45) is 10.7. The number of fused-ring (bicyclic) bond motifs is 1. The number of H-pyrrole nitrogens is 1. The van der Waals surface area contributed by atoms with Gasteiger partial charge in [-0.25, -0.2) is 14.6 Å². The summed E-state index contributed by atoms with van der Waals surface area (Å²) in [5, 5.41) is 5.35. The summed E-state index contributed by atoms with van der Waals surface area (Å²) in [5.41, 5.74) is 1.48. The molecule has 120 valence electrons. The van der Waals surface area contributed by atoms with Crippen LogP contribution in [0.3, 0.4) is 0 Å². The summed E-state index contributed by atoms with van der Waals surface area (Å²) in [6.45, 7) is 2.53. The quantitative estimate of drug-likeness (QED) is 0.799. The SMILES string of the molecule is CCc1nn(C2CCCC2)c2nc(Cn3ccnc3)[nH]c(=O)c12. The number of aromatic nitrogens is 6. The van der Waals surface area contributed by atoms with Gasteiger partial charge in [0.25, 0.3) is 5.56 Å². The Morgan fingerprint density at radius 1 is 1.35 bits per heavy atom. The number of aryl methyl sites for hydroxylation is 1. The van der Waals surface area contributed by atoms with Crippen molar-refractivity contribution in [2.24, 2.45) is 0 Å². The average molecular weight is 312 g/mol. The molecule has 7 heteroatoms. The van der Waals surface area contributed by atoms with E-state index in [0.717, 1.165) is 30.6 Å². The van der Waals surface area contributed by atoms with Gasteiger partial charge in [0.15, 0.2) is 5.65 Å². The topological polar surface area (TPSA) is 81.4 Å². The van der Waals surface area contributed by atoms with Gasteiger partial charge in [-0.2, -0.15) is 5.10 Å². The summed E-state index contributed by atoms with van der Waals surface area (Å²) in [4.78, 5) is 24.2. The van der Waals surface area contributed by atoms with Crippen molar-refractivity contribution < 1.29 is 0 Å². The van der Waals surface area contributed by atoms with Crippen LogP contribution >= 0.6 is 0 Å². The smallest absolute Gasteiger partial charge is 0.262 e. The normalized spacial score (nSPS) is 15.7. The van der Waals surface area contributed by atoms with Crippen LogP contribution in [0.1, 0.15) is 50.2 Å². The van der Waals surface area contributed by atoms with Crippen LogP contribution < -0.4 is 5.56 Å². The van der Waals surface area contributed by atoms with Gasteiger partial charge in [0.1, 0.15) is 11.2 Å². The van der Waals surface area contributed by atoms with E-state index in [9.17, 15) is 4.79 Å². The Hall–Kier alpha value is -2.44. The lowest BCUT2D eigenvalue weighted by Crippen LogP contribution is -2.16. The molecule has 1 N–H and O–H groups in total. The van der Waals surface area contributed by atoms with Crippen molar-refractivity contribution in [1.82, 2.24) is 29.3 Å². The highest BCUT2D eigenvalue weighted by molar-refractivity contribution is 5.77. The van der Waals surface area contributed by atoms with Gasteiger partial charge in [-0.1, -0.05) is 19.8 Å². The zero-order valence-corrected chi connectivity index (χ0v) is 13.2. The van der Waals surface area contributed by atoms with E-state index in [0.29, 0.717) is 23.8 Å². The van der Waals surface area contributed by atoms with Gasteiger partial charge in [0.2, 0.25) is 0 Å². The molecular formula is C16H20N6O. The van der Waals surface area contributed by atoms with Gasteiger partial charge in [-0.3, -0.25) is 4.79 Å². The van der Waals surface area contributed by atoms with E-state index in [4.69, 9.17) is 10.1 Å². The van der Waals surface area contributed by atoms with Crippen molar-refractivity contribution in [1.29, 1.82) is 0 Å². The molecule has 0 aromatic carbocycles. The second kappa shape index (κ2) is 5.64. The first-order valence-electron chi connectivity index (χ1n) is 8.22. The zero-order chi connectivity index (χ0) is 15.8. The number of nitrogens with zero attached hydrogens (tertiary/aromatic N) is 5. The molecule has 23 heavy (non-hydrogen) atoms. The van der Waals surface area contributed by atoms with E-state index in [1.165, 1.54) is 12.8 Å². The molecule has 0 aliphatic heterocycles. The number of aromatic amines is 1. The number of nitrogens with one attached hydrogen (secondary N) is 1. The third-order valence-corrected chi connectivity index (χ3v) is 4.58. The van der Waals surface area contributed by atoms with E-state index in [1.807, 2.05) is 22.4 Å². The Morgan fingerprint density at radius 2 is 2.17 bits per heavy atom. The van der Waals surface area contributed by atoms with Crippen LogP contribution in [0.15, 0.2) is 23.5 Å². The zero-order valence-electron chi connectivity index (χ0n) is 13.2. The van der Waals surface area contributed by atoms with Gasteiger partial charge in [0, 0.05) is 12.4 Å². The van der Waals surface area contributed by atoms with Crippen LogP contribution in [-0.2, 0) is 13.0 Å². The standard InChI is InChI=1S/C16H20N6O/c1-2-12-14-15(22(20-12)11-5-3-4-6-11)18-13(19-16(14)23)9-21-8-7-17-10-21/h7-8,10-11H,2-6,9H2,1H3,(H,18,19,23). The lowest BCUT2D eigenvalue weighted by Gasteiger charge is -2.11. The predicted octanol–water partition coefficient (Wildman–Crippen LogP) is 2.04. The molecule has 0 atom stereocenters. The third kappa shape index (κ3) is 2.46. The van der Waals surface area contributed by atoms with Crippen LogP contribution in [0.25, 0.3) is 11.0 Å². The van der Waals surface area contributed by atoms with Crippen LogP contribution in [0.5, 0.6) is 0 Å². The van der Waals surface area contributed by atoms with Crippen LogP contribution in [0.4, 0.5) is 0 Å². The van der Waals surface area contributed by atoms with Crippen LogP contribution in [0, 0.1) is 0 Å². The fourth-order valence-corrected chi connectivity index (χ4v) is 3.44. The Kier molecular flexibility index (Phi) is 3.48. The van der Waals surface area contributed by atoms with Crippen molar-refractivity contribution in [3.63, 3.8) is 0 Å². The molecule has 4 rings (SSSR count). The van der Waals surface area contributed by atoms with Crippen molar-refractivity contribution in [2.75, 3.05) is 0 Å². The molecule has 3 aromatic heterocycles. The Labute approximate surface area is 133 Å². The lowest BCUT2D eigenvalue weighted by molar-refractivity contribution is 0.474. The van der Waals surface area contributed by atoms with Gasteiger partial charge in [-0.15, -0.1) is 0 Å². The second-order valence-corrected chi connectivity index (χ2v) is 6.13.